The van der Waals surface area contributed by atoms with Gasteiger partial charge in [0.25, 0.3) is 0 Å². The van der Waals surface area contributed by atoms with Crippen LogP contribution < -0.4 is 5.32 Å². The van der Waals surface area contributed by atoms with E-state index in [9.17, 15) is 18.0 Å². The summed E-state index contributed by atoms with van der Waals surface area (Å²) in [4.78, 5) is 20.0. The van der Waals surface area contributed by atoms with Crippen LogP contribution in [0.25, 0.3) is 0 Å². The van der Waals surface area contributed by atoms with Crippen molar-refractivity contribution in [2.24, 2.45) is 0 Å². The van der Waals surface area contributed by atoms with Crippen LogP contribution in [-0.4, -0.2) is 73.8 Å². The van der Waals surface area contributed by atoms with Gasteiger partial charge in [0, 0.05) is 44.6 Å². The van der Waals surface area contributed by atoms with Crippen molar-refractivity contribution in [1.82, 2.24) is 20.1 Å². The zero-order valence-corrected chi connectivity index (χ0v) is 16.0. The first-order valence-corrected chi connectivity index (χ1v) is 8.59. The summed E-state index contributed by atoms with van der Waals surface area (Å²) in [5.41, 5.74) is 1.49. The van der Waals surface area contributed by atoms with E-state index in [-0.39, 0.29) is 5.56 Å². The molecule has 0 aliphatic heterocycles. The van der Waals surface area contributed by atoms with Gasteiger partial charge in [-0.1, -0.05) is 6.58 Å². The first kappa shape index (κ1) is 22.9. The molecule has 152 valence electrons. The standard InChI is InChI=1S/C18H27F3N4O2/c1-5-25(9-8-24(3)4)14(2)11-22-12-16-10-15(6-7-23-16)17(26)27-13-18(19,20)21/h6-7,10,22H,2,5,8-9,11-13H2,1,3-4H3. The number of alkyl halides is 3. The number of esters is 1. The van der Waals surface area contributed by atoms with E-state index in [2.05, 4.69) is 38.3 Å². The average molecular weight is 388 g/mol. The highest BCUT2D eigenvalue weighted by molar-refractivity contribution is 5.89. The molecule has 6 nitrogen and oxygen atoms in total. The number of hydrogen-bond acceptors (Lipinski definition) is 6. The molecule has 1 aromatic heterocycles. The van der Waals surface area contributed by atoms with Crippen LogP contribution in [0.5, 0.6) is 0 Å². The Kier molecular flexibility index (Phi) is 9.23. The molecule has 0 spiro atoms. The lowest BCUT2D eigenvalue weighted by Crippen LogP contribution is -2.34. The molecule has 1 heterocycles. The maximum Gasteiger partial charge on any atom is 0.422 e. The second-order valence-electron chi connectivity index (χ2n) is 6.28. The van der Waals surface area contributed by atoms with E-state index in [1.807, 2.05) is 14.1 Å². The van der Waals surface area contributed by atoms with Crippen molar-refractivity contribution < 1.29 is 22.7 Å². The number of halogens is 3. The van der Waals surface area contributed by atoms with Crippen molar-refractivity contribution in [3.05, 3.63) is 41.9 Å². The van der Waals surface area contributed by atoms with Crippen molar-refractivity contribution in [2.45, 2.75) is 19.6 Å². The number of hydrogen-bond donors (Lipinski definition) is 1. The fourth-order valence-corrected chi connectivity index (χ4v) is 2.24. The van der Waals surface area contributed by atoms with Gasteiger partial charge in [0.15, 0.2) is 6.61 Å². The van der Waals surface area contributed by atoms with E-state index >= 15 is 0 Å². The lowest BCUT2D eigenvalue weighted by molar-refractivity contribution is -0.161. The fraction of sp³-hybridized carbons (Fsp3) is 0.556. The Labute approximate surface area is 158 Å². The number of ether oxygens (including phenoxy) is 1. The van der Waals surface area contributed by atoms with Crippen LogP contribution >= 0.6 is 0 Å². The second kappa shape index (κ2) is 10.9. The third kappa shape index (κ3) is 9.39. The Bertz CT molecular complexity index is 621. The summed E-state index contributed by atoms with van der Waals surface area (Å²) in [6.07, 6.45) is -3.18. The molecule has 1 aromatic rings. The molecule has 0 atom stereocenters. The molecule has 0 amide bonds. The first-order chi connectivity index (χ1) is 12.6. The number of carbonyl (C=O) groups excluding carboxylic acids is 1. The lowest BCUT2D eigenvalue weighted by atomic mass is 10.2. The monoisotopic (exact) mass is 388 g/mol. The SMILES string of the molecule is C=C(CNCc1cc(C(=O)OCC(F)(F)F)ccn1)N(CC)CCN(C)C. The molecular weight excluding hydrogens is 361 g/mol. The van der Waals surface area contributed by atoms with Gasteiger partial charge in [-0.05, 0) is 33.2 Å². The van der Waals surface area contributed by atoms with Crippen molar-refractivity contribution in [2.75, 3.05) is 46.9 Å². The van der Waals surface area contributed by atoms with Crippen molar-refractivity contribution >= 4 is 5.97 Å². The Hall–Kier alpha value is -2.13. The molecule has 0 bridgehead atoms. The molecule has 0 fully saturated rings. The Morgan fingerprint density at radius 3 is 2.63 bits per heavy atom. The summed E-state index contributed by atoms with van der Waals surface area (Å²) < 4.78 is 40.6. The van der Waals surface area contributed by atoms with Gasteiger partial charge in [-0.3, -0.25) is 4.98 Å². The molecule has 0 radical (unpaired) electrons. The Morgan fingerprint density at radius 1 is 1.33 bits per heavy atom. The highest BCUT2D eigenvalue weighted by Crippen LogP contribution is 2.15. The largest absolute Gasteiger partial charge is 0.452 e. The second-order valence-corrected chi connectivity index (χ2v) is 6.28. The van der Waals surface area contributed by atoms with Gasteiger partial charge in [-0.2, -0.15) is 13.2 Å². The van der Waals surface area contributed by atoms with Crippen molar-refractivity contribution in [3.63, 3.8) is 0 Å². The zero-order valence-electron chi connectivity index (χ0n) is 16.0. The van der Waals surface area contributed by atoms with Crippen LogP contribution in [-0.2, 0) is 11.3 Å². The predicted octanol–water partition coefficient (Wildman–Crippen LogP) is 2.29. The van der Waals surface area contributed by atoms with E-state index in [0.717, 1.165) is 25.3 Å². The van der Waals surface area contributed by atoms with Crippen LogP contribution in [0, 0.1) is 0 Å². The van der Waals surface area contributed by atoms with Crippen LogP contribution in [0.1, 0.15) is 23.0 Å². The molecule has 0 aliphatic carbocycles. The summed E-state index contributed by atoms with van der Waals surface area (Å²) in [5.74, 6) is -1.03. The number of rotatable bonds is 11. The van der Waals surface area contributed by atoms with Gasteiger partial charge < -0.3 is 19.9 Å². The minimum Gasteiger partial charge on any atom is -0.452 e. The highest BCUT2D eigenvalue weighted by Gasteiger charge is 2.29. The van der Waals surface area contributed by atoms with Crippen LogP contribution in [0.4, 0.5) is 13.2 Å². The fourth-order valence-electron chi connectivity index (χ4n) is 2.24. The number of carbonyl (C=O) groups is 1. The maximum absolute atomic E-state index is 12.1. The molecule has 0 unspecified atom stereocenters. The smallest absolute Gasteiger partial charge is 0.422 e. The van der Waals surface area contributed by atoms with Crippen molar-refractivity contribution in [3.8, 4) is 0 Å². The van der Waals surface area contributed by atoms with Gasteiger partial charge in [-0.15, -0.1) is 0 Å². The normalized spacial score (nSPS) is 11.5. The lowest BCUT2D eigenvalue weighted by Gasteiger charge is -2.27. The molecule has 1 N–H and O–H groups in total. The highest BCUT2D eigenvalue weighted by atomic mass is 19.4. The number of nitrogens with zero attached hydrogens (tertiary/aromatic N) is 3. The summed E-state index contributed by atoms with van der Waals surface area (Å²) in [6, 6.07) is 2.74. The summed E-state index contributed by atoms with van der Waals surface area (Å²) in [7, 11) is 4.01. The number of likely N-dealkylation sites (N-methyl/N-ethyl adjacent to an activating group) is 2. The van der Waals surface area contributed by atoms with E-state index < -0.39 is 18.8 Å². The van der Waals surface area contributed by atoms with E-state index in [4.69, 9.17) is 0 Å². The number of pyridine rings is 1. The summed E-state index contributed by atoms with van der Waals surface area (Å²) >= 11 is 0. The van der Waals surface area contributed by atoms with Crippen LogP contribution in [0.2, 0.25) is 0 Å². The third-order valence-corrected chi connectivity index (χ3v) is 3.70. The minimum atomic E-state index is -4.55. The summed E-state index contributed by atoms with van der Waals surface area (Å²) in [6.45, 7) is 8.02. The van der Waals surface area contributed by atoms with E-state index in [0.29, 0.717) is 18.8 Å². The Balaban J connectivity index is 2.51. The number of aromatic nitrogens is 1. The predicted molar refractivity (Wildman–Crippen MR) is 97.2 cm³/mol. The molecule has 0 aromatic carbocycles. The first-order valence-electron chi connectivity index (χ1n) is 8.59. The van der Waals surface area contributed by atoms with Crippen LogP contribution in [0.15, 0.2) is 30.6 Å². The van der Waals surface area contributed by atoms with Gasteiger partial charge >= 0.3 is 12.1 Å². The quantitative estimate of drug-likeness (QED) is 0.587. The zero-order chi connectivity index (χ0) is 20.4. The van der Waals surface area contributed by atoms with E-state index in [1.165, 1.54) is 18.3 Å². The Morgan fingerprint density at radius 2 is 2.04 bits per heavy atom. The minimum absolute atomic E-state index is 0.0334. The molecule has 9 heteroatoms. The topological polar surface area (TPSA) is 57.7 Å². The molecular formula is C18H27F3N4O2. The third-order valence-electron chi connectivity index (χ3n) is 3.70. The molecule has 0 aliphatic rings. The number of nitrogens with one attached hydrogen (secondary N) is 1. The molecule has 0 saturated heterocycles. The van der Waals surface area contributed by atoms with Gasteiger partial charge in [0.05, 0.1) is 11.3 Å². The molecule has 27 heavy (non-hydrogen) atoms. The maximum atomic E-state index is 12.1. The van der Waals surface area contributed by atoms with Gasteiger partial charge in [0.2, 0.25) is 0 Å². The van der Waals surface area contributed by atoms with Crippen LogP contribution in [0.3, 0.4) is 0 Å². The van der Waals surface area contributed by atoms with Gasteiger partial charge in [-0.25, -0.2) is 4.79 Å². The summed E-state index contributed by atoms with van der Waals surface area (Å²) in [5, 5.41) is 3.18. The van der Waals surface area contributed by atoms with E-state index in [1.54, 1.807) is 0 Å². The average Bonchev–Trinajstić information content (AvgIpc) is 2.59. The molecule has 1 rings (SSSR count). The van der Waals surface area contributed by atoms with Crippen molar-refractivity contribution in [1.29, 1.82) is 0 Å². The molecule has 0 saturated carbocycles. The van der Waals surface area contributed by atoms with Gasteiger partial charge in [0.1, 0.15) is 0 Å².